The first-order valence-corrected chi connectivity index (χ1v) is 7.97. The topological polar surface area (TPSA) is 66.5 Å². The first-order chi connectivity index (χ1) is 11.1. The van der Waals surface area contributed by atoms with Gasteiger partial charge in [-0.15, -0.1) is 0 Å². The van der Waals surface area contributed by atoms with Crippen LogP contribution in [0.5, 0.6) is 0 Å². The Hall–Kier alpha value is -2.60. The van der Waals surface area contributed by atoms with Gasteiger partial charge >= 0.3 is 0 Å². The van der Waals surface area contributed by atoms with Gasteiger partial charge < -0.3 is 5.32 Å². The molecule has 1 atom stereocenters. The quantitative estimate of drug-likeness (QED) is 0.936. The molecule has 0 radical (unpaired) electrons. The molecule has 3 rings (SSSR count). The van der Waals surface area contributed by atoms with E-state index in [2.05, 4.69) is 5.32 Å². The first-order valence-electron chi connectivity index (χ1n) is 7.09. The third kappa shape index (κ3) is 3.43. The molecule has 1 heterocycles. The normalized spacial score (nSPS) is 17.4. The molecule has 0 saturated carbocycles. The molecule has 0 unspecified atom stereocenters. The third-order valence-corrected chi connectivity index (χ3v) is 4.40. The molecule has 0 aromatic heterocycles. The largest absolute Gasteiger partial charge is 0.326 e. The molecule has 1 aliphatic rings. The number of thioether (sulfide) groups is 1. The van der Waals surface area contributed by atoms with Gasteiger partial charge in [0.05, 0.1) is 5.69 Å². The minimum atomic E-state index is -0.689. The molecule has 1 N–H and O–H groups in total. The van der Waals surface area contributed by atoms with E-state index in [1.54, 1.807) is 36.4 Å². The fourth-order valence-electron chi connectivity index (χ4n) is 2.30. The van der Waals surface area contributed by atoms with Crippen LogP contribution in [-0.4, -0.2) is 22.3 Å². The Morgan fingerprint density at radius 3 is 2.26 bits per heavy atom. The van der Waals surface area contributed by atoms with Gasteiger partial charge in [-0.25, -0.2) is 4.90 Å². The van der Waals surface area contributed by atoms with Crippen LogP contribution in [0.15, 0.2) is 60.7 Å². The number of rotatable bonds is 4. The number of hydrogen-bond donors (Lipinski definition) is 1. The molecule has 1 saturated heterocycles. The summed E-state index contributed by atoms with van der Waals surface area (Å²) in [6, 6.07) is 17.7. The summed E-state index contributed by atoms with van der Waals surface area (Å²) < 4.78 is 0. The Morgan fingerprint density at radius 1 is 1.00 bits per heavy atom. The van der Waals surface area contributed by atoms with Gasteiger partial charge in [-0.2, -0.15) is 0 Å². The zero-order valence-corrected chi connectivity index (χ0v) is 13.0. The summed E-state index contributed by atoms with van der Waals surface area (Å²) in [7, 11) is 0. The van der Waals surface area contributed by atoms with Crippen LogP contribution in [0.4, 0.5) is 16.2 Å². The van der Waals surface area contributed by atoms with Crippen molar-refractivity contribution in [1.82, 2.24) is 0 Å². The van der Waals surface area contributed by atoms with Gasteiger partial charge in [-0.05, 0) is 36.0 Å². The lowest BCUT2D eigenvalue weighted by atomic mass is 10.2. The van der Waals surface area contributed by atoms with Crippen LogP contribution >= 0.6 is 11.8 Å². The summed E-state index contributed by atoms with van der Waals surface area (Å²) in [5.41, 5.74) is 1.19. The highest BCUT2D eigenvalue weighted by Gasteiger charge is 2.41. The second kappa shape index (κ2) is 6.66. The summed E-state index contributed by atoms with van der Waals surface area (Å²) >= 11 is 0.892. The Balaban J connectivity index is 1.67. The van der Waals surface area contributed by atoms with E-state index < -0.39 is 5.25 Å². The van der Waals surface area contributed by atoms with Crippen molar-refractivity contribution in [1.29, 1.82) is 0 Å². The second-order valence-corrected chi connectivity index (χ2v) is 6.15. The minimum absolute atomic E-state index is 0.0343. The third-order valence-electron chi connectivity index (χ3n) is 3.36. The standard InChI is InChI=1S/C17H14N2O3S/c20-15(18-12-7-3-1-4-8-12)11-14-16(21)19(17(22)23-14)13-9-5-2-6-10-13/h1-10,14H,11H2,(H,18,20)/t14-/m1/s1. The zero-order chi connectivity index (χ0) is 16.2. The number of amides is 3. The van der Waals surface area contributed by atoms with Crippen molar-refractivity contribution < 1.29 is 14.4 Å². The maximum atomic E-state index is 12.4. The molecular formula is C17H14N2O3S. The smallest absolute Gasteiger partial charge is 0.293 e. The highest BCUT2D eigenvalue weighted by molar-refractivity contribution is 8.15. The molecule has 0 aliphatic carbocycles. The van der Waals surface area contributed by atoms with Crippen LogP contribution in [0.1, 0.15) is 6.42 Å². The average Bonchev–Trinajstić information content (AvgIpc) is 2.83. The van der Waals surface area contributed by atoms with Crippen LogP contribution < -0.4 is 10.2 Å². The highest BCUT2D eigenvalue weighted by Crippen LogP contribution is 2.33. The zero-order valence-electron chi connectivity index (χ0n) is 12.1. The van der Waals surface area contributed by atoms with Gasteiger partial charge in [0, 0.05) is 12.1 Å². The number of hydrogen-bond acceptors (Lipinski definition) is 4. The van der Waals surface area contributed by atoms with Crippen LogP contribution in [0.3, 0.4) is 0 Å². The van der Waals surface area contributed by atoms with E-state index in [1.165, 1.54) is 0 Å². The Labute approximate surface area is 137 Å². The van der Waals surface area contributed by atoms with Gasteiger partial charge in [-0.3, -0.25) is 14.4 Å². The molecule has 116 valence electrons. The molecule has 2 aromatic rings. The lowest BCUT2D eigenvalue weighted by Gasteiger charge is -2.13. The summed E-state index contributed by atoms with van der Waals surface area (Å²) in [5, 5.41) is 1.69. The van der Waals surface area contributed by atoms with Crippen molar-refractivity contribution in [2.45, 2.75) is 11.7 Å². The molecule has 0 spiro atoms. The van der Waals surface area contributed by atoms with Crippen molar-refractivity contribution in [3.63, 3.8) is 0 Å². The molecule has 23 heavy (non-hydrogen) atoms. The molecule has 5 nitrogen and oxygen atoms in total. The molecule has 2 aromatic carbocycles. The average molecular weight is 326 g/mol. The van der Waals surface area contributed by atoms with Gasteiger partial charge in [0.25, 0.3) is 5.24 Å². The van der Waals surface area contributed by atoms with E-state index in [-0.39, 0.29) is 23.5 Å². The van der Waals surface area contributed by atoms with Gasteiger partial charge in [0.1, 0.15) is 5.25 Å². The first kappa shape index (κ1) is 15.3. The maximum Gasteiger partial charge on any atom is 0.293 e. The number of anilines is 2. The molecule has 3 amide bonds. The van der Waals surface area contributed by atoms with E-state index in [0.717, 1.165) is 16.7 Å². The van der Waals surface area contributed by atoms with E-state index in [0.29, 0.717) is 11.4 Å². The minimum Gasteiger partial charge on any atom is -0.326 e. The second-order valence-electron chi connectivity index (χ2n) is 5.00. The molecule has 1 fully saturated rings. The predicted molar refractivity (Wildman–Crippen MR) is 90.4 cm³/mol. The van der Waals surface area contributed by atoms with Gasteiger partial charge in [0.2, 0.25) is 11.8 Å². The Kier molecular flexibility index (Phi) is 4.43. The summed E-state index contributed by atoms with van der Waals surface area (Å²) in [5.74, 6) is -0.640. The van der Waals surface area contributed by atoms with Crippen molar-refractivity contribution in [2.75, 3.05) is 10.2 Å². The van der Waals surface area contributed by atoms with E-state index in [9.17, 15) is 14.4 Å². The van der Waals surface area contributed by atoms with Gasteiger partial charge in [0.15, 0.2) is 0 Å². The predicted octanol–water partition coefficient (Wildman–Crippen LogP) is 3.28. The molecule has 6 heteroatoms. The van der Waals surface area contributed by atoms with E-state index in [1.807, 2.05) is 24.3 Å². The number of carbonyl (C=O) groups excluding carboxylic acids is 3. The SMILES string of the molecule is O=C(C[C@H]1SC(=O)N(c2ccccc2)C1=O)Nc1ccccc1. The number of benzene rings is 2. The fraction of sp³-hybridized carbons (Fsp3) is 0.118. The number of carbonyl (C=O) groups is 3. The maximum absolute atomic E-state index is 12.4. The lowest BCUT2D eigenvalue weighted by molar-refractivity contribution is -0.121. The highest BCUT2D eigenvalue weighted by atomic mass is 32.2. The molecule has 1 aliphatic heterocycles. The molecule has 0 bridgehead atoms. The summed E-state index contributed by atoms with van der Waals surface area (Å²) in [6.45, 7) is 0. The van der Waals surface area contributed by atoms with Crippen molar-refractivity contribution in [3.8, 4) is 0 Å². The monoisotopic (exact) mass is 326 g/mol. The van der Waals surface area contributed by atoms with E-state index >= 15 is 0 Å². The summed E-state index contributed by atoms with van der Waals surface area (Å²) in [6.07, 6.45) is -0.0343. The summed E-state index contributed by atoms with van der Waals surface area (Å²) in [4.78, 5) is 37.7. The van der Waals surface area contributed by atoms with Crippen LogP contribution in [0.25, 0.3) is 0 Å². The van der Waals surface area contributed by atoms with Crippen LogP contribution in [0, 0.1) is 0 Å². The van der Waals surface area contributed by atoms with Gasteiger partial charge in [-0.1, -0.05) is 36.4 Å². The number of para-hydroxylation sites is 2. The number of imide groups is 1. The van der Waals surface area contributed by atoms with Crippen molar-refractivity contribution >= 4 is 40.2 Å². The number of nitrogens with one attached hydrogen (secondary N) is 1. The van der Waals surface area contributed by atoms with Crippen LogP contribution in [0.2, 0.25) is 0 Å². The lowest BCUT2D eigenvalue weighted by Crippen LogP contribution is -2.32. The molecular weight excluding hydrogens is 312 g/mol. The van der Waals surface area contributed by atoms with Crippen LogP contribution in [-0.2, 0) is 9.59 Å². The Morgan fingerprint density at radius 2 is 1.61 bits per heavy atom. The Bertz CT molecular complexity index is 734. The van der Waals surface area contributed by atoms with Crippen molar-refractivity contribution in [2.24, 2.45) is 0 Å². The fourth-order valence-corrected chi connectivity index (χ4v) is 3.28. The van der Waals surface area contributed by atoms with E-state index in [4.69, 9.17) is 0 Å². The number of nitrogens with zero attached hydrogens (tertiary/aromatic N) is 1. The van der Waals surface area contributed by atoms with Crippen molar-refractivity contribution in [3.05, 3.63) is 60.7 Å².